The van der Waals surface area contributed by atoms with Gasteiger partial charge in [-0.15, -0.1) is 11.3 Å². The third-order valence-corrected chi connectivity index (χ3v) is 6.77. The van der Waals surface area contributed by atoms with Gasteiger partial charge in [0.2, 0.25) is 5.91 Å². The summed E-state index contributed by atoms with van der Waals surface area (Å²) < 4.78 is 11.4. The van der Waals surface area contributed by atoms with Crippen molar-refractivity contribution in [2.24, 2.45) is 0 Å². The molecule has 0 bridgehead atoms. The van der Waals surface area contributed by atoms with Crippen molar-refractivity contribution in [1.29, 1.82) is 0 Å². The van der Waals surface area contributed by atoms with E-state index in [1.807, 2.05) is 29.6 Å². The predicted octanol–water partition coefficient (Wildman–Crippen LogP) is 3.79. The van der Waals surface area contributed by atoms with Gasteiger partial charge in [0, 0.05) is 43.1 Å². The Labute approximate surface area is 190 Å². The Morgan fingerprint density at radius 3 is 2.81 bits per heavy atom. The van der Waals surface area contributed by atoms with Gasteiger partial charge < -0.3 is 14.8 Å². The largest absolute Gasteiger partial charge is 0.492 e. The van der Waals surface area contributed by atoms with Gasteiger partial charge in [0.25, 0.3) is 0 Å². The number of nitrogens with zero attached hydrogens (tertiary/aromatic N) is 2. The van der Waals surface area contributed by atoms with Crippen molar-refractivity contribution < 1.29 is 14.3 Å². The van der Waals surface area contributed by atoms with Crippen molar-refractivity contribution in [2.45, 2.75) is 58.0 Å². The normalized spacial score (nSPS) is 15.3. The van der Waals surface area contributed by atoms with Crippen LogP contribution in [0.25, 0.3) is 0 Å². The SMILES string of the molecule is CN(CCOc1cccc(CNC(=O)Cc2csc(C(C)(C)C)n2)c1)C1CCOCC1. The number of aromatic nitrogens is 1. The van der Waals surface area contributed by atoms with Gasteiger partial charge in [-0.3, -0.25) is 9.69 Å². The summed E-state index contributed by atoms with van der Waals surface area (Å²) >= 11 is 1.62. The van der Waals surface area contributed by atoms with Crippen LogP contribution in [0.1, 0.15) is 49.9 Å². The van der Waals surface area contributed by atoms with E-state index in [0.717, 1.165) is 54.6 Å². The molecule has 0 atom stereocenters. The number of rotatable bonds is 9. The molecule has 1 aromatic carbocycles. The van der Waals surface area contributed by atoms with Gasteiger partial charge in [-0.1, -0.05) is 32.9 Å². The number of likely N-dealkylation sites (N-methyl/N-ethyl adjacent to an activating group) is 1. The number of nitrogens with one attached hydrogen (secondary N) is 1. The summed E-state index contributed by atoms with van der Waals surface area (Å²) in [5, 5.41) is 6.03. The second kappa shape index (κ2) is 11.1. The van der Waals surface area contributed by atoms with E-state index in [9.17, 15) is 4.79 Å². The summed E-state index contributed by atoms with van der Waals surface area (Å²) in [6.07, 6.45) is 2.48. The molecule has 0 unspecified atom stereocenters. The van der Waals surface area contributed by atoms with Crippen molar-refractivity contribution >= 4 is 17.2 Å². The molecule has 1 aliphatic heterocycles. The maximum absolute atomic E-state index is 12.3. The molecule has 2 aromatic rings. The van der Waals surface area contributed by atoms with Crippen LogP contribution in [0.15, 0.2) is 29.6 Å². The predicted molar refractivity (Wildman–Crippen MR) is 125 cm³/mol. The molecule has 31 heavy (non-hydrogen) atoms. The average Bonchev–Trinajstić information content (AvgIpc) is 3.22. The zero-order chi connectivity index (χ0) is 22.3. The average molecular weight is 446 g/mol. The van der Waals surface area contributed by atoms with Gasteiger partial charge in [-0.2, -0.15) is 0 Å². The number of amides is 1. The van der Waals surface area contributed by atoms with Crippen molar-refractivity contribution in [3.8, 4) is 5.75 Å². The van der Waals surface area contributed by atoms with E-state index in [0.29, 0.717) is 25.6 Å². The maximum Gasteiger partial charge on any atom is 0.226 e. The second-order valence-electron chi connectivity index (χ2n) is 9.17. The Morgan fingerprint density at radius 1 is 1.32 bits per heavy atom. The minimum absolute atomic E-state index is 0.0134. The lowest BCUT2D eigenvalue weighted by atomic mass is 9.98. The number of thiazole rings is 1. The molecular formula is C24H35N3O3S. The first-order valence-corrected chi connectivity index (χ1v) is 11.9. The van der Waals surface area contributed by atoms with Crippen LogP contribution in [-0.2, 0) is 27.9 Å². The highest BCUT2D eigenvalue weighted by molar-refractivity contribution is 7.09. The van der Waals surface area contributed by atoms with E-state index >= 15 is 0 Å². The summed E-state index contributed by atoms with van der Waals surface area (Å²) in [7, 11) is 2.15. The second-order valence-corrected chi connectivity index (χ2v) is 10.0. The molecule has 3 rings (SSSR count). The van der Waals surface area contributed by atoms with E-state index in [1.165, 1.54) is 0 Å². The summed E-state index contributed by atoms with van der Waals surface area (Å²) in [6, 6.07) is 8.51. The van der Waals surface area contributed by atoms with Crippen LogP contribution < -0.4 is 10.1 Å². The first-order chi connectivity index (χ1) is 14.8. The van der Waals surface area contributed by atoms with Crippen molar-refractivity contribution in [3.05, 3.63) is 45.9 Å². The van der Waals surface area contributed by atoms with E-state index in [-0.39, 0.29) is 11.3 Å². The molecule has 1 aromatic heterocycles. The number of ether oxygens (including phenoxy) is 2. The highest BCUT2D eigenvalue weighted by Gasteiger charge is 2.19. The molecule has 1 aliphatic rings. The van der Waals surface area contributed by atoms with E-state index in [2.05, 4.69) is 43.0 Å². The van der Waals surface area contributed by atoms with Crippen LogP contribution in [0, 0.1) is 0 Å². The Morgan fingerprint density at radius 2 is 2.10 bits per heavy atom. The zero-order valence-corrected chi connectivity index (χ0v) is 20.0. The minimum atomic E-state index is -0.0184. The molecule has 0 saturated carbocycles. The number of hydrogen-bond acceptors (Lipinski definition) is 6. The smallest absolute Gasteiger partial charge is 0.226 e. The van der Waals surface area contributed by atoms with Gasteiger partial charge in [0.05, 0.1) is 17.1 Å². The Kier molecular flexibility index (Phi) is 8.46. The quantitative estimate of drug-likeness (QED) is 0.636. The Hall–Kier alpha value is -1.96. The number of carbonyl (C=O) groups is 1. The van der Waals surface area contributed by atoms with Crippen LogP contribution in [-0.4, -0.2) is 55.2 Å². The summed E-state index contributed by atoms with van der Waals surface area (Å²) in [5.41, 5.74) is 1.87. The molecule has 1 fully saturated rings. The molecule has 1 saturated heterocycles. The van der Waals surface area contributed by atoms with Gasteiger partial charge in [0.1, 0.15) is 12.4 Å². The summed E-state index contributed by atoms with van der Waals surface area (Å²) in [4.78, 5) is 19.3. The van der Waals surface area contributed by atoms with Crippen LogP contribution in [0.4, 0.5) is 0 Å². The van der Waals surface area contributed by atoms with Crippen LogP contribution in [0.2, 0.25) is 0 Å². The topological polar surface area (TPSA) is 63.7 Å². The minimum Gasteiger partial charge on any atom is -0.492 e. The van der Waals surface area contributed by atoms with Crippen molar-refractivity contribution in [1.82, 2.24) is 15.2 Å². The molecular weight excluding hydrogens is 410 g/mol. The number of benzene rings is 1. The highest BCUT2D eigenvalue weighted by Crippen LogP contribution is 2.25. The van der Waals surface area contributed by atoms with Crippen LogP contribution >= 0.6 is 11.3 Å². The molecule has 0 aliphatic carbocycles. The standard InChI is InChI=1S/C24H35N3O3S/c1-24(2,3)23-26-19(17-31-23)15-22(28)25-16-18-6-5-7-21(14-18)30-13-10-27(4)20-8-11-29-12-9-20/h5-7,14,17,20H,8-13,15-16H2,1-4H3,(H,25,28). The van der Waals surface area contributed by atoms with Crippen LogP contribution in [0.5, 0.6) is 5.75 Å². The van der Waals surface area contributed by atoms with Gasteiger partial charge in [0.15, 0.2) is 0 Å². The molecule has 7 heteroatoms. The number of hydrogen-bond donors (Lipinski definition) is 1. The maximum atomic E-state index is 12.3. The van der Waals surface area contributed by atoms with Gasteiger partial charge in [-0.05, 0) is 37.6 Å². The molecule has 1 amide bonds. The molecule has 170 valence electrons. The molecule has 0 spiro atoms. The molecule has 0 radical (unpaired) electrons. The third kappa shape index (κ3) is 7.59. The fourth-order valence-electron chi connectivity index (χ4n) is 3.52. The molecule has 1 N–H and O–H groups in total. The highest BCUT2D eigenvalue weighted by atomic mass is 32.1. The first kappa shape index (κ1) is 23.7. The lowest BCUT2D eigenvalue weighted by molar-refractivity contribution is -0.120. The number of carbonyl (C=O) groups excluding carboxylic acids is 1. The van der Waals surface area contributed by atoms with Gasteiger partial charge >= 0.3 is 0 Å². The van der Waals surface area contributed by atoms with Gasteiger partial charge in [-0.25, -0.2) is 4.98 Å². The lowest BCUT2D eigenvalue weighted by Gasteiger charge is -2.31. The van der Waals surface area contributed by atoms with Crippen LogP contribution in [0.3, 0.4) is 0 Å². The van der Waals surface area contributed by atoms with E-state index in [4.69, 9.17) is 9.47 Å². The summed E-state index contributed by atoms with van der Waals surface area (Å²) in [6.45, 7) is 10.1. The Balaban J connectivity index is 1.41. The Bertz CT molecular complexity index is 841. The fraction of sp³-hybridized carbons (Fsp3) is 0.583. The van der Waals surface area contributed by atoms with E-state index < -0.39 is 0 Å². The van der Waals surface area contributed by atoms with Crippen molar-refractivity contribution in [2.75, 3.05) is 33.4 Å². The first-order valence-electron chi connectivity index (χ1n) is 11.0. The molecule has 2 heterocycles. The molecule has 6 nitrogen and oxygen atoms in total. The third-order valence-electron chi connectivity index (χ3n) is 5.45. The van der Waals surface area contributed by atoms with Crippen molar-refractivity contribution in [3.63, 3.8) is 0 Å². The monoisotopic (exact) mass is 445 g/mol. The lowest BCUT2D eigenvalue weighted by Crippen LogP contribution is -2.38. The van der Waals surface area contributed by atoms with E-state index in [1.54, 1.807) is 11.3 Å². The fourth-order valence-corrected chi connectivity index (χ4v) is 4.43. The summed E-state index contributed by atoms with van der Waals surface area (Å²) in [5.74, 6) is 0.816. The zero-order valence-electron chi connectivity index (χ0n) is 19.1.